The molecular weight excluding hydrogens is 350 g/mol. The molecule has 0 bridgehead atoms. The molecule has 1 heterocycles. The van der Waals surface area contributed by atoms with Gasteiger partial charge in [-0.15, -0.1) is 0 Å². The Kier molecular flexibility index (Phi) is 6.69. The zero-order valence-corrected chi connectivity index (χ0v) is 16.8. The van der Waals surface area contributed by atoms with Crippen molar-refractivity contribution in [3.63, 3.8) is 0 Å². The van der Waals surface area contributed by atoms with Crippen molar-refractivity contribution in [2.75, 3.05) is 31.6 Å². The molecule has 2 aromatic rings. The number of carbonyl (C=O) groups excluding carboxylic acids is 2. The molecule has 5 nitrogen and oxygen atoms in total. The summed E-state index contributed by atoms with van der Waals surface area (Å²) in [6, 6.07) is 15.8. The first-order valence-electron chi connectivity index (χ1n) is 9.95. The molecule has 3 rings (SSSR count). The third kappa shape index (κ3) is 5.35. The van der Waals surface area contributed by atoms with Crippen molar-refractivity contribution in [2.45, 2.75) is 32.7 Å². The van der Waals surface area contributed by atoms with Gasteiger partial charge in [0.1, 0.15) is 0 Å². The number of aryl methyl sites for hydroxylation is 1. The van der Waals surface area contributed by atoms with E-state index in [1.807, 2.05) is 25.1 Å². The van der Waals surface area contributed by atoms with Gasteiger partial charge in [-0.1, -0.05) is 29.8 Å². The molecule has 5 heteroatoms. The minimum absolute atomic E-state index is 0.00482. The summed E-state index contributed by atoms with van der Waals surface area (Å²) in [5.74, 6) is -0.336. The van der Waals surface area contributed by atoms with Crippen LogP contribution in [0.2, 0.25) is 0 Å². The zero-order valence-electron chi connectivity index (χ0n) is 16.8. The summed E-state index contributed by atoms with van der Waals surface area (Å²) in [6.07, 6.45) is 3.84. The van der Waals surface area contributed by atoms with Gasteiger partial charge < -0.3 is 15.1 Å². The van der Waals surface area contributed by atoms with E-state index in [2.05, 4.69) is 34.5 Å². The third-order valence-corrected chi connectivity index (χ3v) is 5.18. The molecule has 1 aliphatic rings. The van der Waals surface area contributed by atoms with Crippen molar-refractivity contribution in [1.29, 1.82) is 0 Å². The molecule has 0 unspecified atom stereocenters. The summed E-state index contributed by atoms with van der Waals surface area (Å²) in [6.45, 7) is 4.71. The van der Waals surface area contributed by atoms with Gasteiger partial charge >= 0.3 is 0 Å². The predicted octanol–water partition coefficient (Wildman–Crippen LogP) is 3.37. The lowest BCUT2D eigenvalue weighted by Gasteiger charge is -2.29. The van der Waals surface area contributed by atoms with Crippen LogP contribution in [0.1, 0.15) is 40.7 Å². The molecule has 1 N–H and O–H groups in total. The van der Waals surface area contributed by atoms with Crippen molar-refractivity contribution in [3.05, 3.63) is 65.2 Å². The fraction of sp³-hybridized carbons (Fsp3) is 0.391. The average molecular weight is 380 g/mol. The average Bonchev–Trinajstić information content (AvgIpc) is 2.73. The molecule has 0 aliphatic carbocycles. The Morgan fingerprint density at radius 1 is 1.04 bits per heavy atom. The Hall–Kier alpha value is -2.82. The highest BCUT2D eigenvalue weighted by Crippen LogP contribution is 2.20. The van der Waals surface area contributed by atoms with E-state index in [-0.39, 0.29) is 18.4 Å². The monoisotopic (exact) mass is 379 g/mol. The fourth-order valence-corrected chi connectivity index (χ4v) is 3.51. The van der Waals surface area contributed by atoms with Crippen LogP contribution < -0.4 is 10.2 Å². The van der Waals surface area contributed by atoms with E-state index < -0.39 is 0 Å². The Morgan fingerprint density at radius 3 is 2.43 bits per heavy atom. The molecule has 1 saturated heterocycles. The smallest absolute Gasteiger partial charge is 0.251 e. The van der Waals surface area contributed by atoms with Gasteiger partial charge in [-0.25, -0.2) is 0 Å². The van der Waals surface area contributed by atoms with Gasteiger partial charge in [-0.05, 0) is 56.0 Å². The summed E-state index contributed by atoms with van der Waals surface area (Å²) in [7, 11) is 1.76. The van der Waals surface area contributed by atoms with Crippen LogP contribution in [0, 0.1) is 6.92 Å². The van der Waals surface area contributed by atoms with Crippen molar-refractivity contribution in [1.82, 2.24) is 10.2 Å². The van der Waals surface area contributed by atoms with E-state index in [1.54, 1.807) is 18.0 Å². The Bertz CT molecular complexity index is 811. The first kappa shape index (κ1) is 19.9. The number of amides is 2. The van der Waals surface area contributed by atoms with Gasteiger partial charge in [0, 0.05) is 37.9 Å². The van der Waals surface area contributed by atoms with Crippen molar-refractivity contribution >= 4 is 17.5 Å². The van der Waals surface area contributed by atoms with E-state index in [0.29, 0.717) is 12.1 Å². The maximum absolute atomic E-state index is 12.4. The van der Waals surface area contributed by atoms with Crippen LogP contribution in [-0.4, -0.2) is 43.4 Å². The first-order valence-corrected chi connectivity index (χ1v) is 9.95. The van der Waals surface area contributed by atoms with Gasteiger partial charge in [0.05, 0.1) is 6.54 Å². The first-order chi connectivity index (χ1) is 13.5. The van der Waals surface area contributed by atoms with Gasteiger partial charge in [-0.2, -0.15) is 0 Å². The minimum Gasteiger partial charge on any atom is -0.372 e. The minimum atomic E-state index is -0.226. The Morgan fingerprint density at radius 2 is 1.75 bits per heavy atom. The predicted molar refractivity (Wildman–Crippen MR) is 112 cm³/mol. The maximum atomic E-state index is 12.4. The standard InChI is InChI=1S/C23H29N3O2/c1-18-7-6-8-20(15-18)23(28)24-16-22(27)25(2)17-19-9-11-21(12-10-19)26-13-4-3-5-14-26/h6-12,15H,3-5,13-14,16-17H2,1-2H3,(H,24,28). The Balaban J connectivity index is 1.49. The second-order valence-corrected chi connectivity index (χ2v) is 7.52. The fourth-order valence-electron chi connectivity index (χ4n) is 3.51. The molecule has 0 aromatic heterocycles. The molecule has 0 atom stereocenters. The summed E-state index contributed by atoms with van der Waals surface area (Å²) in [4.78, 5) is 28.6. The molecule has 0 radical (unpaired) electrons. The summed E-state index contributed by atoms with van der Waals surface area (Å²) in [5, 5.41) is 2.71. The van der Waals surface area contributed by atoms with Crippen LogP contribution in [0.3, 0.4) is 0 Å². The van der Waals surface area contributed by atoms with Gasteiger partial charge in [0.2, 0.25) is 5.91 Å². The molecule has 0 spiro atoms. The van der Waals surface area contributed by atoms with Crippen LogP contribution in [0.15, 0.2) is 48.5 Å². The van der Waals surface area contributed by atoms with Crippen LogP contribution >= 0.6 is 0 Å². The largest absolute Gasteiger partial charge is 0.372 e. The van der Waals surface area contributed by atoms with E-state index in [4.69, 9.17) is 0 Å². The number of rotatable bonds is 6. The number of hydrogen-bond donors (Lipinski definition) is 1. The van der Waals surface area contributed by atoms with E-state index >= 15 is 0 Å². The van der Waals surface area contributed by atoms with Crippen LogP contribution in [0.5, 0.6) is 0 Å². The van der Waals surface area contributed by atoms with Crippen molar-refractivity contribution in [2.24, 2.45) is 0 Å². The molecule has 148 valence electrons. The molecule has 1 fully saturated rings. The molecule has 28 heavy (non-hydrogen) atoms. The highest BCUT2D eigenvalue weighted by molar-refractivity contribution is 5.96. The van der Waals surface area contributed by atoms with Crippen LogP contribution in [0.4, 0.5) is 5.69 Å². The number of benzene rings is 2. The van der Waals surface area contributed by atoms with E-state index in [0.717, 1.165) is 24.2 Å². The highest BCUT2D eigenvalue weighted by Gasteiger charge is 2.14. The number of carbonyl (C=O) groups is 2. The van der Waals surface area contributed by atoms with E-state index in [9.17, 15) is 9.59 Å². The lowest BCUT2D eigenvalue weighted by atomic mass is 10.1. The van der Waals surface area contributed by atoms with Crippen LogP contribution in [-0.2, 0) is 11.3 Å². The molecule has 0 saturated carbocycles. The maximum Gasteiger partial charge on any atom is 0.251 e. The summed E-state index contributed by atoms with van der Waals surface area (Å²) < 4.78 is 0. The lowest BCUT2D eigenvalue weighted by Crippen LogP contribution is -2.37. The Labute approximate surface area is 167 Å². The summed E-state index contributed by atoms with van der Waals surface area (Å²) in [5.41, 5.74) is 3.93. The molecule has 2 amide bonds. The second-order valence-electron chi connectivity index (χ2n) is 7.52. The van der Waals surface area contributed by atoms with Gasteiger partial charge in [-0.3, -0.25) is 9.59 Å². The molecule has 2 aromatic carbocycles. The topological polar surface area (TPSA) is 52.7 Å². The molecular formula is C23H29N3O2. The van der Waals surface area contributed by atoms with E-state index in [1.165, 1.54) is 24.9 Å². The molecule has 1 aliphatic heterocycles. The highest BCUT2D eigenvalue weighted by atomic mass is 16.2. The van der Waals surface area contributed by atoms with Gasteiger partial charge in [0.25, 0.3) is 5.91 Å². The SMILES string of the molecule is Cc1cccc(C(=O)NCC(=O)N(C)Cc2ccc(N3CCCCC3)cc2)c1. The zero-order chi connectivity index (χ0) is 19.9. The normalized spacial score (nSPS) is 13.9. The third-order valence-electron chi connectivity index (χ3n) is 5.18. The van der Waals surface area contributed by atoms with Gasteiger partial charge in [0.15, 0.2) is 0 Å². The number of hydrogen-bond acceptors (Lipinski definition) is 3. The number of anilines is 1. The lowest BCUT2D eigenvalue weighted by molar-refractivity contribution is -0.129. The van der Waals surface area contributed by atoms with Crippen molar-refractivity contribution in [3.8, 4) is 0 Å². The number of nitrogens with one attached hydrogen (secondary N) is 1. The number of piperidine rings is 1. The number of likely N-dealkylation sites (N-methyl/N-ethyl adjacent to an activating group) is 1. The van der Waals surface area contributed by atoms with Crippen LogP contribution in [0.25, 0.3) is 0 Å². The second kappa shape index (κ2) is 9.40. The number of nitrogens with zero attached hydrogens (tertiary/aromatic N) is 2. The summed E-state index contributed by atoms with van der Waals surface area (Å²) >= 11 is 0. The van der Waals surface area contributed by atoms with Crippen molar-refractivity contribution < 1.29 is 9.59 Å². The quantitative estimate of drug-likeness (QED) is 0.837.